The number of hydrogen-bond acceptors (Lipinski definition) is 6. The van der Waals surface area contributed by atoms with E-state index in [0.717, 1.165) is 32.2 Å². The molecule has 1 heterocycles. The molecule has 1 saturated carbocycles. The molecule has 0 aromatic heterocycles. The zero-order chi connectivity index (χ0) is 18.4. The Morgan fingerprint density at radius 3 is 2.40 bits per heavy atom. The Morgan fingerprint density at radius 2 is 1.80 bits per heavy atom. The number of carbonyl (C=O) groups excluding carboxylic acids is 1. The minimum absolute atomic E-state index is 0.0858. The molecule has 25 heavy (non-hydrogen) atoms. The first-order valence-corrected chi connectivity index (χ1v) is 9.20. The number of rotatable bonds is 7. The second-order valence-corrected chi connectivity index (χ2v) is 7.94. The predicted octanol–water partition coefficient (Wildman–Crippen LogP) is 2.38. The van der Waals surface area contributed by atoms with Gasteiger partial charge in [0.1, 0.15) is 5.60 Å². The molecule has 7 nitrogen and oxygen atoms in total. The Bertz CT molecular complexity index is 453. The monoisotopic (exact) mass is 357 g/mol. The van der Waals surface area contributed by atoms with E-state index in [4.69, 9.17) is 19.4 Å². The van der Waals surface area contributed by atoms with Crippen LogP contribution < -0.4 is 0 Å². The van der Waals surface area contributed by atoms with Gasteiger partial charge in [-0.2, -0.15) is 5.06 Å². The van der Waals surface area contributed by atoms with Crippen LogP contribution in [0, 0.1) is 5.92 Å². The minimum Gasteiger partial charge on any atom is -0.481 e. The van der Waals surface area contributed by atoms with E-state index < -0.39 is 11.6 Å². The quantitative estimate of drug-likeness (QED) is 0.700. The van der Waals surface area contributed by atoms with E-state index in [1.807, 2.05) is 25.8 Å². The van der Waals surface area contributed by atoms with Crippen LogP contribution in [0.25, 0.3) is 0 Å². The van der Waals surface area contributed by atoms with Gasteiger partial charge in [-0.1, -0.05) is 0 Å². The van der Waals surface area contributed by atoms with Crippen LogP contribution in [-0.4, -0.2) is 59.6 Å². The second-order valence-electron chi connectivity index (χ2n) is 7.94. The molecule has 0 amide bonds. The Balaban J connectivity index is 1.68. The van der Waals surface area contributed by atoms with Crippen molar-refractivity contribution in [2.75, 3.05) is 19.8 Å². The Kier molecular flexibility index (Phi) is 7.22. The van der Waals surface area contributed by atoms with Crippen molar-refractivity contribution in [2.24, 2.45) is 5.92 Å². The molecule has 1 aliphatic carbocycles. The van der Waals surface area contributed by atoms with Crippen molar-refractivity contribution in [1.29, 1.82) is 0 Å². The topological polar surface area (TPSA) is 85.3 Å². The fourth-order valence-corrected chi connectivity index (χ4v) is 3.38. The Morgan fingerprint density at radius 1 is 1.12 bits per heavy atom. The molecule has 0 radical (unpaired) electrons. The third-order valence-electron chi connectivity index (χ3n) is 4.64. The summed E-state index contributed by atoms with van der Waals surface area (Å²) in [5, 5.41) is 10.9. The van der Waals surface area contributed by atoms with Gasteiger partial charge < -0.3 is 14.6 Å². The lowest BCUT2D eigenvalue weighted by molar-refractivity contribution is -0.203. The van der Waals surface area contributed by atoms with E-state index in [1.165, 1.54) is 0 Å². The summed E-state index contributed by atoms with van der Waals surface area (Å²) in [6.07, 6.45) is 5.06. The first-order chi connectivity index (χ1) is 11.7. The molecule has 1 aliphatic heterocycles. The molecule has 1 N–H and O–H groups in total. The average molecular weight is 357 g/mol. The average Bonchev–Trinajstić information content (AvgIpc) is 2.97. The summed E-state index contributed by atoms with van der Waals surface area (Å²) < 4.78 is 11.2. The molecular formula is C18H31NO6. The summed E-state index contributed by atoms with van der Waals surface area (Å²) >= 11 is 0. The molecule has 0 spiro atoms. The third kappa shape index (κ3) is 6.92. The molecule has 1 atom stereocenters. The van der Waals surface area contributed by atoms with Gasteiger partial charge in [0.25, 0.3) is 0 Å². The standard InChI is InChI=1S/C18H31NO6/c1-18(2,3)25-16(20)12-24-19-10-4-5-14(19)11-23-15-8-6-13(7-9-15)17(21)22/h13-15H,4-12H2,1-3H3,(H,21,22)/t13?,14-,15?/m0/s1. The lowest BCUT2D eigenvalue weighted by atomic mass is 9.87. The van der Waals surface area contributed by atoms with Crippen LogP contribution in [0.4, 0.5) is 0 Å². The van der Waals surface area contributed by atoms with E-state index in [-0.39, 0.29) is 30.6 Å². The van der Waals surface area contributed by atoms with Gasteiger partial charge in [-0.3, -0.25) is 9.63 Å². The molecule has 2 rings (SSSR count). The number of carboxylic acids is 1. The molecule has 1 saturated heterocycles. The fraction of sp³-hybridized carbons (Fsp3) is 0.889. The number of hydrogen-bond donors (Lipinski definition) is 1. The molecule has 0 unspecified atom stereocenters. The summed E-state index contributed by atoms with van der Waals surface area (Å²) in [6.45, 7) is 6.74. The smallest absolute Gasteiger partial charge is 0.334 e. The van der Waals surface area contributed by atoms with Crippen molar-refractivity contribution in [2.45, 2.75) is 77.0 Å². The molecule has 0 aromatic carbocycles. The van der Waals surface area contributed by atoms with Gasteiger partial charge >= 0.3 is 11.9 Å². The lowest BCUT2D eigenvalue weighted by Gasteiger charge is -2.29. The summed E-state index contributed by atoms with van der Waals surface area (Å²) in [6, 6.07) is 0.139. The zero-order valence-electron chi connectivity index (χ0n) is 15.5. The molecular weight excluding hydrogens is 326 g/mol. The van der Waals surface area contributed by atoms with Crippen LogP contribution in [0.2, 0.25) is 0 Å². The normalized spacial score (nSPS) is 28.0. The maximum atomic E-state index is 11.8. The maximum Gasteiger partial charge on any atom is 0.334 e. The van der Waals surface area contributed by atoms with Gasteiger partial charge in [0.15, 0.2) is 6.61 Å². The van der Waals surface area contributed by atoms with Gasteiger partial charge in [-0.05, 0) is 59.3 Å². The summed E-state index contributed by atoms with van der Waals surface area (Å²) in [7, 11) is 0. The number of carbonyl (C=O) groups is 2. The van der Waals surface area contributed by atoms with Gasteiger partial charge in [0.2, 0.25) is 0 Å². The molecule has 7 heteroatoms. The van der Waals surface area contributed by atoms with Crippen LogP contribution in [0.3, 0.4) is 0 Å². The van der Waals surface area contributed by atoms with Crippen molar-refractivity contribution in [3.8, 4) is 0 Å². The zero-order valence-corrected chi connectivity index (χ0v) is 15.5. The number of carboxylic acid groups (broad SMARTS) is 1. The van der Waals surface area contributed by atoms with Crippen LogP contribution in [0.15, 0.2) is 0 Å². The highest BCUT2D eigenvalue weighted by Gasteiger charge is 2.30. The predicted molar refractivity (Wildman–Crippen MR) is 90.9 cm³/mol. The number of aliphatic carboxylic acids is 1. The van der Waals surface area contributed by atoms with Crippen LogP contribution in [0.1, 0.15) is 59.3 Å². The molecule has 2 aliphatic rings. The van der Waals surface area contributed by atoms with E-state index in [9.17, 15) is 9.59 Å². The highest BCUT2D eigenvalue weighted by atomic mass is 16.7. The van der Waals surface area contributed by atoms with E-state index in [0.29, 0.717) is 19.4 Å². The first-order valence-electron chi connectivity index (χ1n) is 9.20. The van der Waals surface area contributed by atoms with Crippen molar-refractivity contribution < 1.29 is 29.0 Å². The maximum absolute atomic E-state index is 11.8. The molecule has 144 valence electrons. The van der Waals surface area contributed by atoms with Gasteiger partial charge in [0.05, 0.1) is 24.7 Å². The van der Waals surface area contributed by atoms with Crippen molar-refractivity contribution in [3.05, 3.63) is 0 Å². The van der Waals surface area contributed by atoms with Crippen LogP contribution in [-0.2, 0) is 23.9 Å². The van der Waals surface area contributed by atoms with Gasteiger partial charge in [-0.15, -0.1) is 0 Å². The van der Waals surface area contributed by atoms with Crippen molar-refractivity contribution in [1.82, 2.24) is 5.06 Å². The number of ether oxygens (including phenoxy) is 2. The summed E-state index contributed by atoms with van der Waals surface area (Å²) in [4.78, 5) is 28.4. The third-order valence-corrected chi connectivity index (χ3v) is 4.64. The highest BCUT2D eigenvalue weighted by Crippen LogP contribution is 2.27. The largest absolute Gasteiger partial charge is 0.481 e. The summed E-state index contributed by atoms with van der Waals surface area (Å²) in [5.74, 6) is -1.29. The fourth-order valence-electron chi connectivity index (χ4n) is 3.38. The molecule has 0 aromatic rings. The number of esters is 1. The molecule has 2 fully saturated rings. The summed E-state index contributed by atoms with van der Waals surface area (Å²) in [5.41, 5.74) is -0.511. The van der Waals surface area contributed by atoms with E-state index in [1.54, 1.807) is 0 Å². The Hall–Kier alpha value is -1.18. The van der Waals surface area contributed by atoms with Gasteiger partial charge in [0, 0.05) is 6.54 Å². The van der Waals surface area contributed by atoms with Crippen LogP contribution in [0.5, 0.6) is 0 Å². The van der Waals surface area contributed by atoms with E-state index in [2.05, 4.69) is 0 Å². The first kappa shape index (κ1) is 20.1. The number of hydroxylamine groups is 2. The second kappa shape index (κ2) is 8.96. The Labute approximate surface area is 149 Å². The van der Waals surface area contributed by atoms with E-state index >= 15 is 0 Å². The van der Waals surface area contributed by atoms with Crippen molar-refractivity contribution in [3.63, 3.8) is 0 Å². The van der Waals surface area contributed by atoms with Crippen LogP contribution >= 0.6 is 0 Å². The lowest BCUT2D eigenvalue weighted by Crippen LogP contribution is -2.37. The highest BCUT2D eigenvalue weighted by molar-refractivity contribution is 5.71. The number of nitrogens with zero attached hydrogens (tertiary/aromatic N) is 1. The van der Waals surface area contributed by atoms with Crippen molar-refractivity contribution >= 4 is 11.9 Å². The minimum atomic E-state index is -0.698. The molecule has 0 bridgehead atoms. The SMILES string of the molecule is CC(C)(C)OC(=O)CON1CCC[C@H]1COC1CCC(C(=O)O)CC1. The van der Waals surface area contributed by atoms with Gasteiger partial charge in [-0.25, -0.2) is 4.79 Å².